The molecule has 1 aliphatic rings. The first-order valence-electron chi connectivity index (χ1n) is 13.4. The molecule has 1 aromatic carbocycles. The van der Waals surface area contributed by atoms with Gasteiger partial charge in [0.05, 0.1) is 23.1 Å². The molecular formula is C29H34N8. The molecule has 0 amide bonds. The highest BCUT2D eigenvalue weighted by molar-refractivity contribution is 5.87. The highest BCUT2D eigenvalue weighted by Crippen LogP contribution is 2.30. The minimum Gasteiger partial charge on any atom is -0.368 e. The summed E-state index contributed by atoms with van der Waals surface area (Å²) < 4.78 is 2.06. The molecule has 37 heavy (non-hydrogen) atoms. The minimum atomic E-state index is 0.807. The number of hydrogen-bond donors (Lipinski definition) is 2. The fraction of sp³-hybridized carbons (Fsp3) is 0.345. The van der Waals surface area contributed by atoms with Gasteiger partial charge in [-0.1, -0.05) is 32.4 Å². The SMILES string of the molecule is CCCCc1[nH]nc2cc(-c3cc(Nc4ccc(N5CCN(CC)CC5)cn4)c4nccn4c3)ccc12. The zero-order chi connectivity index (χ0) is 25.2. The van der Waals surface area contributed by atoms with E-state index in [1.807, 2.05) is 18.6 Å². The minimum absolute atomic E-state index is 0.807. The Morgan fingerprint density at radius 3 is 2.65 bits per heavy atom. The van der Waals surface area contributed by atoms with Crippen molar-refractivity contribution in [2.75, 3.05) is 42.9 Å². The molecule has 0 unspecified atom stereocenters. The molecule has 1 saturated heterocycles. The fourth-order valence-corrected chi connectivity index (χ4v) is 5.18. The first kappa shape index (κ1) is 23.5. The van der Waals surface area contributed by atoms with E-state index in [1.165, 1.54) is 23.2 Å². The smallest absolute Gasteiger partial charge is 0.160 e. The van der Waals surface area contributed by atoms with Crippen molar-refractivity contribution in [3.63, 3.8) is 0 Å². The number of piperazine rings is 1. The summed E-state index contributed by atoms with van der Waals surface area (Å²) in [5, 5.41) is 12.5. The molecule has 2 N–H and O–H groups in total. The van der Waals surface area contributed by atoms with Crippen molar-refractivity contribution in [3.8, 4) is 11.1 Å². The molecule has 5 heterocycles. The van der Waals surface area contributed by atoms with Crippen molar-refractivity contribution in [3.05, 3.63) is 66.9 Å². The molecule has 6 rings (SSSR count). The molecule has 0 aliphatic carbocycles. The Hall–Kier alpha value is -3.91. The van der Waals surface area contributed by atoms with E-state index < -0.39 is 0 Å². The number of anilines is 3. The normalized spacial score (nSPS) is 14.6. The highest BCUT2D eigenvalue weighted by atomic mass is 15.3. The van der Waals surface area contributed by atoms with Gasteiger partial charge in [0.15, 0.2) is 5.65 Å². The molecular weight excluding hydrogens is 460 g/mol. The van der Waals surface area contributed by atoms with Crippen molar-refractivity contribution in [1.29, 1.82) is 0 Å². The summed E-state index contributed by atoms with van der Waals surface area (Å²) >= 11 is 0. The summed E-state index contributed by atoms with van der Waals surface area (Å²) in [4.78, 5) is 14.2. The lowest BCUT2D eigenvalue weighted by atomic mass is 10.0. The number of aromatic amines is 1. The quantitative estimate of drug-likeness (QED) is 0.297. The molecule has 190 valence electrons. The Labute approximate surface area is 217 Å². The van der Waals surface area contributed by atoms with Crippen LogP contribution in [0.3, 0.4) is 0 Å². The number of nitrogens with zero attached hydrogens (tertiary/aromatic N) is 6. The number of pyridine rings is 2. The second kappa shape index (κ2) is 10.2. The lowest BCUT2D eigenvalue weighted by molar-refractivity contribution is 0.271. The van der Waals surface area contributed by atoms with Crippen LogP contribution in [0.2, 0.25) is 0 Å². The molecule has 0 spiro atoms. The number of unbranched alkanes of at least 4 members (excludes halogenated alkanes) is 1. The summed E-state index contributed by atoms with van der Waals surface area (Å²) in [5.41, 5.74) is 7.40. The predicted molar refractivity (Wildman–Crippen MR) is 151 cm³/mol. The van der Waals surface area contributed by atoms with E-state index >= 15 is 0 Å². The number of hydrogen-bond acceptors (Lipinski definition) is 6. The third-order valence-electron chi connectivity index (χ3n) is 7.43. The Morgan fingerprint density at radius 2 is 1.86 bits per heavy atom. The van der Waals surface area contributed by atoms with Gasteiger partial charge in [0, 0.05) is 61.4 Å². The average Bonchev–Trinajstić information content (AvgIpc) is 3.59. The maximum atomic E-state index is 4.73. The van der Waals surface area contributed by atoms with Crippen LogP contribution in [0.4, 0.5) is 17.2 Å². The zero-order valence-electron chi connectivity index (χ0n) is 21.6. The van der Waals surface area contributed by atoms with Crippen molar-refractivity contribution in [2.45, 2.75) is 33.1 Å². The third-order valence-corrected chi connectivity index (χ3v) is 7.43. The Bertz CT molecular complexity index is 1490. The number of rotatable bonds is 8. The molecule has 4 aromatic heterocycles. The van der Waals surface area contributed by atoms with Crippen LogP contribution in [-0.2, 0) is 6.42 Å². The van der Waals surface area contributed by atoms with Crippen LogP contribution in [0.1, 0.15) is 32.4 Å². The zero-order valence-corrected chi connectivity index (χ0v) is 21.6. The van der Waals surface area contributed by atoms with Crippen molar-refractivity contribution < 1.29 is 0 Å². The van der Waals surface area contributed by atoms with E-state index in [2.05, 4.69) is 91.1 Å². The van der Waals surface area contributed by atoms with E-state index in [0.717, 1.165) is 79.4 Å². The van der Waals surface area contributed by atoms with E-state index in [-0.39, 0.29) is 0 Å². The molecule has 1 fully saturated rings. The first-order valence-corrected chi connectivity index (χ1v) is 13.4. The monoisotopic (exact) mass is 494 g/mol. The largest absolute Gasteiger partial charge is 0.368 e. The van der Waals surface area contributed by atoms with Gasteiger partial charge < -0.3 is 19.5 Å². The molecule has 0 saturated carbocycles. The Balaban J connectivity index is 1.25. The molecule has 0 atom stereocenters. The predicted octanol–water partition coefficient (Wildman–Crippen LogP) is 5.50. The van der Waals surface area contributed by atoms with Crippen molar-refractivity contribution in [2.24, 2.45) is 0 Å². The fourth-order valence-electron chi connectivity index (χ4n) is 5.18. The number of fused-ring (bicyclic) bond motifs is 2. The molecule has 1 aliphatic heterocycles. The van der Waals surface area contributed by atoms with Gasteiger partial charge in [0.25, 0.3) is 0 Å². The molecule has 5 aromatic rings. The van der Waals surface area contributed by atoms with Gasteiger partial charge in [-0.15, -0.1) is 0 Å². The van der Waals surface area contributed by atoms with E-state index in [0.29, 0.717) is 0 Å². The van der Waals surface area contributed by atoms with Gasteiger partial charge in [0.1, 0.15) is 5.82 Å². The van der Waals surface area contributed by atoms with E-state index in [4.69, 9.17) is 4.98 Å². The van der Waals surface area contributed by atoms with Crippen molar-refractivity contribution >= 4 is 33.7 Å². The summed E-state index contributed by atoms with van der Waals surface area (Å²) in [6.07, 6.45) is 11.3. The third kappa shape index (κ3) is 4.76. The lowest BCUT2D eigenvalue weighted by Crippen LogP contribution is -2.46. The van der Waals surface area contributed by atoms with Crippen LogP contribution >= 0.6 is 0 Å². The molecule has 0 radical (unpaired) electrons. The summed E-state index contributed by atoms with van der Waals surface area (Å²) in [6, 6.07) is 12.9. The van der Waals surface area contributed by atoms with Crippen LogP contribution in [0, 0.1) is 0 Å². The summed E-state index contributed by atoms with van der Waals surface area (Å²) in [6.45, 7) is 9.84. The summed E-state index contributed by atoms with van der Waals surface area (Å²) in [7, 11) is 0. The second-order valence-electron chi connectivity index (χ2n) is 9.79. The van der Waals surface area contributed by atoms with Gasteiger partial charge in [-0.2, -0.15) is 5.10 Å². The number of benzene rings is 1. The van der Waals surface area contributed by atoms with Crippen LogP contribution in [0.5, 0.6) is 0 Å². The van der Waals surface area contributed by atoms with E-state index in [9.17, 15) is 0 Å². The molecule has 8 nitrogen and oxygen atoms in total. The maximum Gasteiger partial charge on any atom is 0.160 e. The van der Waals surface area contributed by atoms with Crippen LogP contribution < -0.4 is 10.2 Å². The number of aryl methyl sites for hydroxylation is 1. The number of likely N-dealkylation sites (N-methyl/N-ethyl adjacent to an activating group) is 1. The maximum absolute atomic E-state index is 4.73. The number of nitrogens with one attached hydrogen (secondary N) is 2. The highest BCUT2D eigenvalue weighted by Gasteiger charge is 2.16. The van der Waals surface area contributed by atoms with Gasteiger partial charge in [-0.05, 0) is 49.2 Å². The average molecular weight is 495 g/mol. The Morgan fingerprint density at radius 1 is 0.973 bits per heavy atom. The van der Waals surface area contributed by atoms with E-state index in [1.54, 1.807) is 0 Å². The number of aromatic nitrogens is 5. The van der Waals surface area contributed by atoms with Gasteiger partial charge in [-0.25, -0.2) is 9.97 Å². The molecule has 8 heteroatoms. The van der Waals surface area contributed by atoms with Crippen molar-refractivity contribution in [1.82, 2.24) is 29.5 Å². The van der Waals surface area contributed by atoms with Crippen LogP contribution in [0.25, 0.3) is 27.7 Å². The first-order chi connectivity index (χ1) is 18.2. The van der Waals surface area contributed by atoms with Gasteiger partial charge in [0.2, 0.25) is 0 Å². The number of imidazole rings is 1. The number of H-pyrrole nitrogens is 1. The lowest BCUT2D eigenvalue weighted by Gasteiger charge is -2.35. The molecule has 0 bridgehead atoms. The van der Waals surface area contributed by atoms with Crippen LogP contribution in [-0.4, -0.2) is 62.2 Å². The van der Waals surface area contributed by atoms with Gasteiger partial charge in [-0.3, -0.25) is 5.10 Å². The van der Waals surface area contributed by atoms with Gasteiger partial charge >= 0.3 is 0 Å². The topological polar surface area (TPSA) is 77.4 Å². The Kier molecular flexibility index (Phi) is 6.49. The second-order valence-corrected chi connectivity index (χ2v) is 9.79. The summed E-state index contributed by atoms with van der Waals surface area (Å²) in [5.74, 6) is 0.807. The standard InChI is InChI=1S/C29H34N8/c1-3-5-6-25-24-9-7-21(17-26(24)34-33-25)22-18-27(29-30-11-12-37(29)20-22)32-28-10-8-23(19-31-28)36-15-13-35(4-2)14-16-36/h7-12,17-20H,3-6,13-16H2,1-2H3,(H,31,32)(H,33,34). The van der Waals surface area contributed by atoms with Crippen LogP contribution in [0.15, 0.2) is 61.2 Å².